The average Bonchev–Trinajstić information content (AvgIpc) is 2.67. The van der Waals surface area contributed by atoms with Crippen molar-refractivity contribution in [1.29, 1.82) is 0 Å². The first-order valence-electron chi connectivity index (χ1n) is 5.39. The van der Waals surface area contributed by atoms with Crippen molar-refractivity contribution >= 4 is 11.7 Å². The van der Waals surface area contributed by atoms with E-state index in [1.54, 1.807) is 25.8 Å². The Kier molecular flexibility index (Phi) is 3.50. The molecule has 86 valence electrons. The number of carbonyl (C=O) groups is 2. The van der Waals surface area contributed by atoms with Gasteiger partial charge in [-0.3, -0.25) is 9.59 Å². The van der Waals surface area contributed by atoms with Crippen LogP contribution >= 0.6 is 0 Å². The van der Waals surface area contributed by atoms with Gasteiger partial charge < -0.3 is 10.2 Å². The van der Waals surface area contributed by atoms with Crippen molar-refractivity contribution in [3.8, 4) is 0 Å². The third kappa shape index (κ3) is 2.37. The summed E-state index contributed by atoms with van der Waals surface area (Å²) in [5.74, 6) is 0.0315. The molecule has 1 N–H and O–H groups in total. The van der Waals surface area contributed by atoms with E-state index in [0.29, 0.717) is 0 Å². The van der Waals surface area contributed by atoms with Crippen molar-refractivity contribution in [2.45, 2.75) is 45.2 Å². The molecule has 1 saturated heterocycles. The normalized spacial score (nSPS) is 21.5. The number of nitrogens with zero attached hydrogens (tertiary/aromatic N) is 1. The Labute approximate surface area is 91.0 Å². The van der Waals surface area contributed by atoms with E-state index in [2.05, 4.69) is 5.32 Å². The summed E-state index contributed by atoms with van der Waals surface area (Å²) in [4.78, 5) is 25.0. The number of amides is 1. The van der Waals surface area contributed by atoms with Crippen LogP contribution in [0.1, 0.15) is 33.6 Å². The van der Waals surface area contributed by atoms with Gasteiger partial charge in [-0.25, -0.2) is 0 Å². The first-order valence-corrected chi connectivity index (χ1v) is 5.39. The summed E-state index contributed by atoms with van der Waals surface area (Å²) in [7, 11) is 1.70. The highest BCUT2D eigenvalue weighted by atomic mass is 16.2. The van der Waals surface area contributed by atoms with E-state index in [1.807, 2.05) is 0 Å². The van der Waals surface area contributed by atoms with Crippen LogP contribution in [-0.2, 0) is 9.59 Å². The Bertz CT molecular complexity index is 268. The predicted octanol–water partition coefficient (Wildman–Crippen LogP) is 0.564. The molecule has 0 aliphatic carbocycles. The lowest BCUT2D eigenvalue weighted by Gasteiger charge is -2.35. The summed E-state index contributed by atoms with van der Waals surface area (Å²) in [5.41, 5.74) is -0.707. The highest BCUT2D eigenvalue weighted by molar-refractivity contribution is 5.92. The lowest BCUT2D eigenvalue weighted by Crippen LogP contribution is -2.54. The molecule has 1 unspecified atom stereocenters. The van der Waals surface area contributed by atoms with Crippen LogP contribution in [0, 0.1) is 0 Å². The minimum atomic E-state index is -0.707. The smallest absolute Gasteiger partial charge is 0.240 e. The van der Waals surface area contributed by atoms with Crippen molar-refractivity contribution in [2.24, 2.45) is 0 Å². The van der Waals surface area contributed by atoms with E-state index in [9.17, 15) is 9.59 Å². The average molecular weight is 212 g/mol. The van der Waals surface area contributed by atoms with Gasteiger partial charge in [0.15, 0.2) is 5.78 Å². The molecule has 0 saturated carbocycles. The van der Waals surface area contributed by atoms with Gasteiger partial charge >= 0.3 is 0 Å². The zero-order valence-corrected chi connectivity index (χ0v) is 9.96. The molecule has 0 aromatic heterocycles. The topological polar surface area (TPSA) is 49.4 Å². The van der Waals surface area contributed by atoms with E-state index in [-0.39, 0.29) is 17.7 Å². The number of Topliss-reactive ketones (excluding diaryl/α,β-unsaturated/α-hetero) is 1. The Hall–Kier alpha value is -0.900. The molecule has 4 heteroatoms. The maximum atomic E-state index is 12.0. The molecule has 0 aromatic rings. The van der Waals surface area contributed by atoms with E-state index in [1.165, 1.54) is 6.92 Å². The van der Waals surface area contributed by atoms with Crippen LogP contribution in [0.2, 0.25) is 0 Å². The highest BCUT2D eigenvalue weighted by Crippen LogP contribution is 2.17. The number of carbonyl (C=O) groups excluding carboxylic acids is 2. The lowest BCUT2D eigenvalue weighted by molar-refractivity contribution is -0.143. The molecule has 1 aliphatic heterocycles. The SMILES string of the molecule is CC(=O)C(C)(C)N(C)C(=O)C1CCCN1. The fourth-order valence-corrected chi connectivity index (χ4v) is 1.64. The van der Waals surface area contributed by atoms with Gasteiger partial charge in [-0.15, -0.1) is 0 Å². The first-order chi connectivity index (χ1) is 6.87. The van der Waals surface area contributed by atoms with E-state index >= 15 is 0 Å². The standard InChI is InChI=1S/C11H20N2O2/c1-8(14)11(2,3)13(4)10(15)9-6-5-7-12-9/h9,12H,5-7H2,1-4H3. The second kappa shape index (κ2) is 4.31. The minimum Gasteiger partial charge on any atom is -0.332 e. The highest BCUT2D eigenvalue weighted by Gasteiger charge is 2.36. The fourth-order valence-electron chi connectivity index (χ4n) is 1.64. The largest absolute Gasteiger partial charge is 0.332 e. The molecule has 1 fully saturated rings. The Morgan fingerprint density at radius 2 is 2.00 bits per heavy atom. The molecular formula is C11H20N2O2. The van der Waals surface area contributed by atoms with Gasteiger partial charge in [-0.05, 0) is 40.2 Å². The van der Waals surface area contributed by atoms with Crippen LogP contribution in [0.3, 0.4) is 0 Å². The molecule has 1 heterocycles. The quantitative estimate of drug-likeness (QED) is 0.744. The Morgan fingerprint density at radius 1 is 1.40 bits per heavy atom. The van der Waals surface area contributed by atoms with E-state index in [4.69, 9.17) is 0 Å². The third-order valence-corrected chi connectivity index (χ3v) is 3.39. The van der Waals surface area contributed by atoms with Crippen molar-refractivity contribution < 1.29 is 9.59 Å². The van der Waals surface area contributed by atoms with Gasteiger partial charge in [0.1, 0.15) is 0 Å². The molecule has 1 aliphatic rings. The lowest BCUT2D eigenvalue weighted by atomic mass is 9.97. The Balaban J connectivity index is 2.70. The number of hydrogen-bond acceptors (Lipinski definition) is 3. The summed E-state index contributed by atoms with van der Waals surface area (Å²) in [5, 5.41) is 3.15. The van der Waals surface area contributed by atoms with Crippen molar-refractivity contribution in [3.05, 3.63) is 0 Å². The zero-order valence-electron chi connectivity index (χ0n) is 9.96. The first kappa shape index (κ1) is 12.2. The van der Waals surface area contributed by atoms with E-state index in [0.717, 1.165) is 19.4 Å². The molecule has 4 nitrogen and oxygen atoms in total. The molecule has 1 amide bonds. The van der Waals surface area contributed by atoms with Gasteiger partial charge in [0, 0.05) is 7.05 Å². The molecule has 1 atom stereocenters. The zero-order chi connectivity index (χ0) is 11.6. The molecule has 0 aromatic carbocycles. The maximum absolute atomic E-state index is 12.0. The van der Waals surface area contributed by atoms with Crippen LogP contribution in [0.5, 0.6) is 0 Å². The number of hydrogen-bond donors (Lipinski definition) is 1. The third-order valence-electron chi connectivity index (χ3n) is 3.39. The number of likely N-dealkylation sites (N-methyl/N-ethyl adjacent to an activating group) is 1. The summed E-state index contributed by atoms with van der Waals surface area (Å²) < 4.78 is 0. The van der Waals surface area contributed by atoms with Crippen molar-refractivity contribution in [3.63, 3.8) is 0 Å². The van der Waals surface area contributed by atoms with Gasteiger partial charge in [-0.2, -0.15) is 0 Å². The van der Waals surface area contributed by atoms with Gasteiger partial charge in [0.2, 0.25) is 5.91 Å². The number of ketones is 1. The molecule has 0 spiro atoms. The molecule has 0 bridgehead atoms. The maximum Gasteiger partial charge on any atom is 0.240 e. The van der Waals surface area contributed by atoms with E-state index < -0.39 is 5.54 Å². The van der Waals surface area contributed by atoms with Crippen molar-refractivity contribution in [1.82, 2.24) is 10.2 Å². The number of nitrogens with one attached hydrogen (secondary N) is 1. The van der Waals surface area contributed by atoms with Gasteiger partial charge in [-0.1, -0.05) is 0 Å². The second-order valence-electron chi connectivity index (χ2n) is 4.66. The van der Waals surface area contributed by atoms with Crippen LogP contribution in [0.25, 0.3) is 0 Å². The van der Waals surface area contributed by atoms with Gasteiger partial charge in [0.25, 0.3) is 0 Å². The molecule has 0 radical (unpaired) electrons. The second-order valence-corrected chi connectivity index (χ2v) is 4.66. The molecule has 15 heavy (non-hydrogen) atoms. The van der Waals surface area contributed by atoms with Crippen LogP contribution in [-0.4, -0.2) is 41.8 Å². The summed E-state index contributed by atoms with van der Waals surface area (Å²) in [6.45, 7) is 5.97. The van der Waals surface area contributed by atoms with Crippen LogP contribution in [0.15, 0.2) is 0 Å². The molecule has 1 rings (SSSR count). The predicted molar refractivity (Wildman–Crippen MR) is 58.6 cm³/mol. The Morgan fingerprint density at radius 3 is 2.40 bits per heavy atom. The number of rotatable bonds is 3. The summed E-state index contributed by atoms with van der Waals surface area (Å²) >= 11 is 0. The summed E-state index contributed by atoms with van der Waals surface area (Å²) in [6.07, 6.45) is 1.90. The minimum absolute atomic E-state index is 0.0105. The van der Waals surface area contributed by atoms with Gasteiger partial charge in [0.05, 0.1) is 11.6 Å². The summed E-state index contributed by atoms with van der Waals surface area (Å²) in [6, 6.07) is -0.103. The molecular weight excluding hydrogens is 192 g/mol. The monoisotopic (exact) mass is 212 g/mol. The van der Waals surface area contributed by atoms with Crippen LogP contribution < -0.4 is 5.32 Å². The fraction of sp³-hybridized carbons (Fsp3) is 0.818. The van der Waals surface area contributed by atoms with Crippen LogP contribution in [0.4, 0.5) is 0 Å². The van der Waals surface area contributed by atoms with Crippen molar-refractivity contribution in [2.75, 3.05) is 13.6 Å².